The van der Waals surface area contributed by atoms with Gasteiger partial charge in [-0.25, -0.2) is 9.55 Å². The molecule has 0 saturated heterocycles. The van der Waals surface area contributed by atoms with Crippen LogP contribution in [0.2, 0.25) is 0 Å². The fourth-order valence-corrected chi connectivity index (χ4v) is 6.19. The smallest absolute Gasteiger partial charge is 0.481 e. The van der Waals surface area contributed by atoms with Crippen LogP contribution < -0.4 is 9.84 Å². The number of anilines is 1. The number of phosphoric ester groups is 1. The second-order valence-corrected chi connectivity index (χ2v) is 14.1. The Morgan fingerprint density at radius 2 is 1.88 bits per heavy atom. The van der Waals surface area contributed by atoms with Gasteiger partial charge in [-0.15, -0.1) is 0 Å². The van der Waals surface area contributed by atoms with Gasteiger partial charge in [-0.1, -0.05) is 29.9 Å². The van der Waals surface area contributed by atoms with Crippen LogP contribution in [-0.2, 0) is 30.1 Å². The first kappa shape index (κ1) is 34.6. The number of esters is 1. The van der Waals surface area contributed by atoms with Crippen molar-refractivity contribution in [3.8, 4) is 5.75 Å². The van der Waals surface area contributed by atoms with Crippen molar-refractivity contribution in [2.75, 3.05) is 11.1 Å². The molecular formula is C27H37N2O9PS2. The fourth-order valence-electron chi connectivity index (χ4n) is 3.80. The number of ether oxygens (including phenoxy) is 1. The van der Waals surface area contributed by atoms with E-state index in [1.54, 1.807) is 50.8 Å². The van der Waals surface area contributed by atoms with Crippen LogP contribution in [0.5, 0.6) is 5.75 Å². The average Bonchev–Trinajstić information content (AvgIpc) is 2.84. The van der Waals surface area contributed by atoms with Crippen molar-refractivity contribution < 1.29 is 43.1 Å². The summed E-state index contributed by atoms with van der Waals surface area (Å²) in [7, 11) is -1.86. The first-order valence-corrected chi connectivity index (χ1v) is 16.8. The van der Waals surface area contributed by atoms with E-state index in [0.717, 1.165) is 5.03 Å². The quantitative estimate of drug-likeness (QED) is 0.0773. The first-order chi connectivity index (χ1) is 19.1. The number of nitrogens with zero attached hydrogens (tertiary/aromatic N) is 1. The van der Waals surface area contributed by atoms with Crippen molar-refractivity contribution in [3.63, 3.8) is 0 Å². The molecule has 0 saturated carbocycles. The zero-order chi connectivity index (χ0) is 30.6. The summed E-state index contributed by atoms with van der Waals surface area (Å²) in [5.41, 5.74) is -0.0188. The van der Waals surface area contributed by atoms with Gasteiger partial charge in [0.1, 0.15) is 10.6 Å². The molecule has 1 heterocycles. The molecule has 4 N–H and O–H groups in total. The Kier molecular flexibility index (Phi) is 13.7. The highest BCUT2D eigenvalue weighted by atomic mass is 33.1. The van der Waals surface area contributed by atoms with Crippen LogP contribution >= 0.6 is 29.4 Å². The lowest BCUT2D eigenvalue weighted by molar-refractivity contribution is -0.156. The number of pyridine rings is 1. The maximum Gasteiger partial charge on any atom is 0.524 e. The third-order valence-corrected chi connectivity index (χ3v) is 8.24. The predicted molar refractivity (Wildman–Crippen MR) is 159 cm³/mol. The molecule has 41 heavy (non-hydrogen) atoms. The minimum absolute atomic E-state index is 0.0223. The summed E-state index contributed by atoms with van der Waals surface area (Å²) in [6, 6.07) is 10.0. The second kappa shape index (κ2) is 16.2. The van der Waals surface area contributed by atoms with Gasteiger partial charge in [0.15, 0.2) is 5.75 Å². The third kappa shape index (κ3) is 14.8. The molecule has 0 fully saturated rings. The van der Waals surface area contributed by atoms with Crippen molar-refractivity contribution in [1.82, 2.24) is 4.98 Å². The first-order valence-electron chi connectivity index (χ1n) is 12.9. The molecule has 2 rings (SSSR count). The maximum absolute atomic E-state index is 12.7. The van der Waals surface area contributed by atoms with Gasteiger partial charge in [0.05, 0.1) is 11.6 Å². The molecule has 1 amide bonds. The highest BCUT2D eigenvalue weighted by Gasteiger charge is 2.26. The van der Waals surface area contributed by atoms with Crippen LogP contribution in [0.1, 0.15) is 58.9 Å². The van der Waals surface area contributed by atoms with Gasteiger partial charge in [-0.2, -0.15) is 0 Å². The van der Waals surface area contributed by atoms with E-state index in [9.17, 15) is 33.8 Å². The topological polar surface area (TPSA) is 172 Å². The number of benzene rings is 1. The van der Waals surface area contributed by atoms with E-state index < -0.39 is 37.2 Å². The van der Waals surface area contributed by atoms with E-state index in [1.165, 1.54) is 22.9 Å². The lowest BCUT2D eigenvalue weighted by atomic mass is 9.87. The standard InChI is InChI=1S/C27H37N2O9PS2/c1-18(26(32)33)14-20(17-25(31)37-27(2,3)4)15-19-10-11-22(38-39(34,35)36)21(16-19)29-23(30)8-7-13-40-41-24-9-5-6-12-28-24/h5-6,9-12,16,18,20H,7-8,13-15,17H2,1-4H3,(H,29,30)(H,32,33)(H2,34,35,36)/t18?,20-/m1/s1. The monoisotopic (exact) mass is 628 g/mol. The van der Waals surface area contributed by atoms with Gasteiger partial charge in [-0.3, -0.25) is 24.2 Å². The Morgan fingerprint density at radius 3 is 2.49 bits per heavy atom. The SMILES string of the molecule is CC(C[C@@H](CC(=O)OC(C)(C)C)Cc1ccc(OP(=O)(O)O)c(NC(=O)CCCSSc2ccccn2)c1)C(=O)O. The zero-order valence-electron chi connectivity index (χ0n) is 23.4. The minimum Gasteiger partial charge on any atom is -0.481 e. The molecule has 0 aliphatic carbocycles. The summed E-state index contributed by atoms with van der Waals surface area (Å²) in [6.45, 7) is 6.78. The molecule has 1 aromatic carbocycles. The van der Waals surface area contributed by atoms with Crippen molar-refractivity contribution in [2.45, 2.75) is 70.4 Å². The van der Waals surface area contributed by atoms with E-state index >= 15 is 0 Å². The molecule has 0 radical (unpaired) electrons. The maximum atomic E-state index is 12.7. The van der Waals surface area contributed by atoms with Gasteiger partial charge in [0.25, 0.3) is 0 Å². The van der Waals surface area contributed by atoms with Crippen LogP contribution in [0.25, 0.3) is 0 Å². The lowest BCUT2D eigenvalue weighted by Gasteiger charge is -2.23. The molecule has 1 aromatic heterocycles. The number of amides is 1. The number of hydrogen-bond donors (Lipinski definition) is 4. The molecule has 14 heteroatoms. The molecule has 0 aliphatic rings. The molecule has 0 bridgehead atoms. The summed E-state index contributed by atoms with van der Waals surface area (Å²) in [6.07, 6.45) is 2.85. The Balaban J connectivity index is 2.12. The van der Waals surface area contributed by atoms with E-state index in [4.69, 9.17) is 9.26 Å². The lowest BCUT2D eigenvalue weighted by Crippen LogP contribution is -2.27. The Morgan fingerprint density at radius 1 is 1.15 bits per heavy atom. The molecule has 1 unspecified atom stereocenters. The number of carboxylic acid groups (broad SMARTS) is 1. The van der Waals surface area contributed by atoms with E-state index in [1.807, 2.05) is 18.2 Å². The second-order valence-electron chi connectivity index (χ2n) is 10.5. The van der Waals surface area contributed by atoms with Gasteiger partial charge in [-0.05, 0) is 86.6 Å². The average molecular weight is 629 g/mol. The number of nitrogens with one attached hydrogen (secondary N) is 1. The van der Waals surface area contributed by atoms with Crippen LogP contribution in [0.15, 0.2) is 47.6 Å². The molecule has 0 aliphatic heterocycles. The van der Waals surface area contributed by atoms with Crippen molar-refractivity contribution in [3.05, 3.63) is 48.2 Å². The third-order valence-electron chi connectivity index (χ3n) is 5.46. The van der Waals surface area contributed by atoms with Crippen molar-refractivity contribution in [1.29, 1.82) is 0 Å². The molecule has 2 aromatic rings. The van der Waals surface area contributed by atoms with Crippen molar-refractivity contribution >= 4 is 52.9 Å². The molecular weight excluding hydrogens is 591 g/mol. The Labute approximate surface area is 247 Å². The number of aromatic nitrogens is 1. The number of carbonyl (C=O) groups excluding carboxylic acids is 2. The van der Waals surface area contributed by atoms with E-state index in [0.29, 0.717) is 17.7 Å². The van der Waals surface area contributed by atoms with Crippen LogP contribution in [0, 0.1) is 11.8 Å². The number of carbonyl (C=O) groups is 3. The van der Waals surface area contributed by atoms with E-state index in [2.05, 4.69) is 10.3 Å². The number of phosphoric acid groups is 1. The van der Waals surface area contributed by atoms with Gasteiger partial charge < -0.3 is 19.7 Å². The van der Waals surface area contributed by atoms with Crippen LogP contribution in [-0.4, -0.2) is 49.1 Å². The number of rotatable bonds is 16. The Bertz CT molecular complexity index is 1220. The zero-order valence-corrected chi connectivity index (χ0v) is 26.0. The minimum atomic E-state index is -4.92. The van der Waals surface area contributed by atoms with Crippen molar-refractivity contribution in [2.24, 2.45) is 11.8 Å². The number of aliphatic carboxylic acids is 1. The van der Waals surface area contributed by atoms with Crippen LogP contribution in [0.4, 0.5) is 5.69 Å². The summed E-state index contributed by atoms with van der Waals surface area (Å²) < 4.78 is 21.7. The summed E-state index contributed by atoms with van der Waals surface area (Å²) in [4.78, 5) is 59.6. The predicted octanol–water partition coefficient (Wildman–Crippen LogP) is 5.71. The number of hydrogen-bond acceptors (Lipinski definition) is 9. The summed E-state index contributed by atoms with van der Waals surface area (Å²) in [5.74, 6) is -2.48. The molecule has 11 nitrogen and oxygen atoms in total. The molecule has 2 atom stereocenters. The number of carboxylic acids is 1. The van der Waals surface area contributed by atoms with Crippen LogP contribution in [0.3, 0.4) is 0 Å². The fraction of sp³-hybridized carbons (Fsp3) is 0.481. The summed E-state index contributed by atoms with van der Waals surface area (Å²) in [5, 5.41) is 12.9. The van der Waals surface area contributed by atoms with Gasteiger partial charge in [0, 0.05) is 24.8 Å². The van der Waals surface area contributed by atoms with E-state index in [-0.39, 0.29) is 43.0 Å². The van der Waals surface area contributed by atoms with Gasteiger partial charge in [0.2, 0.25) is 5.91 Å². The Hall–Kier alpha value is -2.57. The highest BCUT2D eigenvalue weighted by molar-refractivity contribution is 8.76. The molecule has 226 valence electrons. The van der Waals surface area contributed by atoms with Gasteiger partial charge >= 0.3 is 19.8 Å². The normalized spacial score (nSPS) is 13.2. The summed E-state index contributed by atoms with van der Waals surface area (Å²) >= 11 is 0. The molecule has 0 spiro atoms. The highest BCUT2D eigenvalue weighted by Crippen LogP contribution is 2.41. The largest absolute Gasteiger partial charge is 0.524 e.